The Morgan fingerprint density at radius 1 is 0.317 bits per heavy atom. The first-order chi connectivity index (χ1) is 31.2. The third-order valence-corrected chi connectivity index (χ3v) is 12.4. The highest BCUT2D eigenvalue weighted by molar-refractivity contribution is 6.12. The topological polar surface area (TPSA) is 21.3 Å². The standard InChI is InChI=1S/C60H40N2O/c1-4-16-41(17-5-1)43-28-33-47(34-29-43)61(58-37-32-46(42-18-6-2-7-19-42)38-53(58)44-20-8-3-9-21-44)49-39-54(60-55(40-49)52-24-12-15-27-59(52)63-60)45-30-35-48(36-31-45)62-56-25-13-10-22-50(56)51-23-11-14-26-57(51)62/h1-40H. The number of nitrogens with zero attached hydrogens (tertiary/aromatic N) is 2. The van der Waals surface area contributed by atoms with Crippen LogP contribution in [-0.2, 0) is 0 Å². The summed E-state index contributed by atoms with van der Waals surface area (Å²) in [5, 5.41) is 4.65. The minimum Gasteiger partial charge on any atom is -0.455 e. The first-order valence-electron chi connectivity index (χ1n) is 21.5. The minimum atomic E-state index is 0.865. The lowest BCUT2D eigenvalue weighted by Gasteiger charge is -2.29. The number of benzene rings is 10. The molecule has 0 unspecified atom stereocenters. The van der Waals surface area contributed by atoms with Gasteiger partial charge in [0.1, 0.15) is 11.2 Å². The molecular formula is C60H40N2O. The van der Waals surface area contributed by atoms with Gasteiger partial charge in [-0.2, -0.15) is 0 Å². The fourth-order valence-corrected chi connectivity index (χ4v) is 9.40. The Kier molecular flexibility index (Phi) is 8.83. The molecule has 3 nitrogen and oxygen atoms in total. The number of hydrogen-bond donors (Lipinski definition) is 0. The van der Waals surface area contributed by atoms with E-state index in [9.17, 15) is 0 Å². The van der Waals surface area contributed by atoms with Gasteiger partial charge in [-0.15, -0.1) is 0 Å². The molecule has 0 amide bonds. The maximum Gasteiger partial charge on any atom is 0.143 e. The molecule has 296 valence electrons. The molecule has 0 radical (unpaired) electrons. The second-order valence-electron chi connectivity index (χ2n) is 16.1. The summed E-state index contributed by atoms with van der Waals surface area (Å²) in [5.41, 5.74) is 17.5. The van der Waals surface area contributed by atoms with Crippen LogP contribution in [0.1, 0.15) is 0 Å². The highest BCUT2D eigenvalue weighted by atomic mass is 16.3. The summed E-state index contributed by atoms with van der Waals surface area (Å²) in [5.74, 6) is 0. The molecule has 3 heteroatoms. The second-order valence-corrected chi connectivity index (χ2v) is 16.1. The molecule has 2 aromatic heterocycles. The molecule has 0 aliphatic heterocycles. The van der Waals surface area contributed by atoms with Gasteiger partial charge in [-0.1, -0.05) is 176 Å². The number of furan rings is 1. The van der Waals surface area contributed by atoms with Gasteiger partial charge in [0.25, 0.3) is 0 Å². The Balaban J connectivity index is 1.08. The van der Waals surface area contributed by atoms with Gasteiger partial charge < -0.3 is 13.9 Å². The molecule has 0 aliphatic rings. The first kappa shape index (κ1) is 36.5. The van der Waals surface area contributed by atoms with Crippen molar-refractivity contribution in [1.82, 2.24) is 4.57 Å². The van der Waals surface area contributed by atoms with Gasteiger partial charge in [-0.3, -0.25) is 0 Å². The van der Waals surface area contributed by atoms with Gasteiger partial charge in [-0.25, -0.2) is 0 Å². The quantitative estimate of drug-likeness (QED) is 0.153. The fraction of sp³-hybridized carbons (Fsp3) is 0. The molecule has 0 N–H and O–H groups in total. The summed E-state index contributed by atoms with van der Waals surface area (Å²) in [4.78, 5) is 2.42. The van der Waals surface area contributed by atoms with Crippen LogP contribution in [0.4, 0.5) is 17.1 Å². The zero-order valence-electron chi connectivity index (χ0n) is 34.4. The predicted octanol–water partition coefficient (Wildman–Crippen LogP) is 16.8. The van der Waals surface area contributed by atoms with Crippen molar-refractivity contribution in [3.8, 4) is 50.2 Å². The number of anilines is 3. The normalized spacial score (nSPS) is 11.5. The molecule has 0 bridgehead atoms. The SMILES string of the molecule is c1ccc(-c2ccc(N(c3cc(-c4ccc(-n5c6ccccc6c6ccccc65)cc4)c4oc5ccccc5c4c3)c3ccc(-c4ccccc4)cc3-c3ccccc3)cc2)cc1. The van der Waals surface area contributed by atoms with Crippen molar-refractivity contribution in [3.63, 3.8) is 0 Å². The van der Waals surface area contributed by atoms with Gasteiger partial charge in [0, 0.05) is 49.7 Å². The average molecular weight is 805 g/mol. The van der Waals surface area contributed by atoms with Crippen molar-refractivity contribution in [2.45, 2.75) is 0 Å². The Hall–Kier alpha value is -8.40. The minimum absolute atomic E-state index is 0.865. The lowest BCUT2D eigenvalue weighted by Crippen LogP contribution is -2.11. The predicted molar refractivity (Wildman–Crippen MR) is 264 cm³/mol. The summed E-state index contributed by atoms with van der Waals surface area (Å²) in [6.07, 6.45) is 0. The van der Waals surface area contributed by atoms with Crippen molar-refractivity contribution >= 4 is 60.8 Å². The first-order valence-corrected chi connectivity index (χ1v) is 21.5. The maximum absolute atomic E-state index is 6.80. The van der Waals surface area contributed by atoms with Gasteiger partial charge in [-0.05, 0) is 100 Å². The Bertz CT molecular complexity index is 3530. The van der Waals surface area contributed by atoms with Crippen molar-refractivity contribution in [2.24, 2.45) is 0 Å². The van der Waals surface area contributed by atoms with Crippen LogP contribution in [0.25, 0.3) is 93.9 Å². The molecule has 0 spiro atoms. The van der Waals surface area contributed by atoms with Gasteiger partial charge >= 0.3 is 0 Å². The van der Waals surface area contributed by atoms with Gasteiger partial charge in [0.05, 0.1) is 16.7 Å². The summed E-state index contributed by atoms with van der Waals surface area (Å²) < 4.78 is 9.17. The molecule has 10 aromatic carbocycles. The van der Waals surface area contributed by atoms with Crippen LogP contribution in [0.5, 0.6) is 0 Å². The van der Waals surface area contributed by atoms with Crippen LogP contribution in [0.2, 0.25) is 0 Å². The third-order valence-electron chi connectivity index (χ3n) is 12.4. The Morgan fingerprint density at radius 2 is 0.810 bits per heavy atom. The third kappa shape index (κ3) is 6.38. The van der Waals surface area contributed by atoms with E-state index in [1.807, 2.05) is 6.07 Å². The van der Waals surface area contributed by atoms with Crippen molar-refractivity contribution < 1.29 is 4.42 Å². The van der Waals surface area contributed by atoms with E-state index in [1.165, 1.54) is 38.5 Å². The van der Waals surface area contributed by atoms with Crippen LogP contribution in [0, 0.1) is 0 Å². The van der Waals surface area contributed by atoms with E-state index < -0.39 is 0 Å². The monoisotopic (exact) mass is 804 g/mol. The van der Waals surface area contributed by atoms with Crippen molar-refractivity contribution in [2.75, 3.05) is 4.90 Å². The highest BCUT2D eigenvalue weighted by Crippen LogP contribution is 2.47. The summed E-state index contributed by atoms with van der Waals surface area (Å²) in [6, 6.07) is 87.1. The molecule has 0 atom stereocenters. The Morgan fingerprint density at radius 3 is 1.46 bits per heavy atom. The van der Waals surface area contributed by atoms with E-state index in [0.717, 1.165) is 72.5 Å². The van der Waals surface area contributed by atoms with Gasteiger partial charge in [0.15, 0.2) is 0 Å². The lowest BCUT2D eigenvalue weighted by molar-refractivity contribution is 0.670. The molecule has 0 aliphatic carbocycles. The molecular weight excluding hydrogens is 765 g/mol. The van der Waals surface area contributed by atoms with E-state index >= 15 is 0 Å². The summed E-state index contributed by atoms with van der Waals surface area (Å²) in [6.45, 7) is 0. The Labute approximate surface area is 366 Å². The molecule has 0 saturated heterocycles. The van der Waals surface area contributed by atoms with E-state index in [-0.39, 0.29) is 0 Å². The molecule has 0 saturated carbocycles. The van der Waals surface area contributed by atoms with Crippen LogP contribution in [0.3, 0.4) is 0 Å². The summed E-state index contributed by atoms with van der Waals surface area (Å²) in [7, 11) is 0. The molecule has 12 aromatic rings. The maximum atomic E-state index is 6.80. The molecule has 0 fully saturated rings. The molecule has 63 heavy (non-hydrogen) atoms. The van der Waals surface area contributed by atoms with E-state index in [1.54, 1.807) is 0 Å². The van der Waals surface area contributed by atoms with E-state index in [4.69, 9.17) is 4.42 Å². The zero-order valence-corrected chi connectivity index (χ0v) is 34.4. The average Bonchev–Trinajstić information content (AvgIpc) is 3.91. The zero-order chi connectivity index (χ0) is 41.7. The van der Waals surface area contributed by atoms with Crippen LogP contribution < -0.4 is 4.90 Å². The number of fused-ring (bicyclic) bond motifs is 6. The number of para-hydroxylation sites is 3. The molecule has 2 heterocycles. The van der Waals surface area contributed by atoms with Crippen LogP contribution >= 0.6 is 0 Å². The molecule has 12 rings (SSSR count). The number of hydrogen-bond acceptors (Lipinski definition) is 2. The largest absolute Gasteiger partial charge is 0.455 e. The second kappa shape index (κ2) is 15.3. The number of aromatic nitrogens is 1. The summed E-state index contributed by atoms with van der Waals surface area (Å²) >= 11 is 0. The smallest absolute Gasteiger partial charge is 0.143 e. The van der Waals surface area contributed by atoms with Crippen molar-refractivity contribution in [1.29, 1.82) is 0 Å². The van der Waals surface area contributed by atoms with Gasteiger partial charge in [0.2, 0.25) is 0 Å². The van der Waals surface area contributed by atoms with Crippen LogP contribution in [-0.4, -0.2) is 4.57 Å². The van der Waals surface area contributed by atoms with E-state index in [0.29, 0.717) is 0 Å². The highest BCUT2D eigenvalue weighted by Gasteiger charge is 2.23. The number of rotatable bonds is 8. The van der Waals surface area contributed by atoms with Crippen molar-refractivity contribution in [3.05, 3.63) is 243 Å². The lowest BCUT2D eigenvalue weighted by atomic mass is 9.95. The van der Waals surface area contributed by atoms with Crippen LogP contribution in [0.15, 0.2) is 247 Å². The van der Waals surface area contributed by atoms with E-state index in [2.05, 4.69) is 246 Å². The fourth-order valence-electron chi connectivity index (χ4n) is 9.40.